The van der Waals surface area contributed by atoms with Crippen LogP contribution in [0.3, 0.4) is 0 Å². The molecule has 1 aromatic rings. The SMILES string of the molecule is CC(C)C(=O)NC1CCN(CC(=O)Nc2cc(Cl)c(Cl)cc2Cl)CC1. The maximum atomic E-state index is 12.2. The smallest absolute Gasteiger partial charge is 0.238 e. The number of carbonyl (C=O) groups is 2. The van der Waals surface area contributed by atoms with E-state index >= 15 is 0 Å². The molecule has 25 heavy (non-hydrogen) atoms. The number of halogens is 3. The highest BCUT2D eigenvalue weighted by atomic mass is 35.5. The van der Waals surface area contributed by atoms with Crippen LogP contribution in [0.5, 0.6) is 0 Å². The number of carbonyl (C=O) groups excluding carboxylic acids is 2. The van der Waals surface area contributed by atoms with Gasteiger partial charge in [0.05, 0.1) is 27.3 Å². The molecule has 1 aliphatic rings. The van der Waals surface area contributed by atoms with E-state index in [4.69, 9.17) is 34.8 Å². The summed E-state index contributed by atoms with van der Waals surface area (Å²) >= 11 is 17.9. The molecular formula is C17H22Cl3N3O2. The van der Waals surface area contributed by atoms with E-state index in [0.29, 0.717) is 20.8 Å². The Morgan fingerprint density at radius 1 is 1.12 bits per heavy atom. The zero-order valence-corrected chi connectivity index (χ0v) is 16.5. The van der Waals surface area contributed by atoms with Crippen LogP contribution in [0.2, 0.25) is 15.1 Å². The van der Waals surface area contributed by atoms with Crippen molar-refractivity contribution in [3.05, 3.63) is 27.2 Å². The molecule has 0 radical (unpaired) electrons. The number of anilines is 1. The average Bonchev–Trinajstić information content (AvgIpc) is 2.54. The van der Waals surface area contributed by atoms with Crippen LogP contribution in [0.4, 0.5) is 5.69 Å². The average molecular weight is 407 g/mol. The summed E-state index contributed by atoms with van der Waals surface area (Å²) in [6, 6.07) is 3.22. The van der Waals surface area contributed by atoms with E-state index in [1.54, 1.807) is 0 Å². The third kappa shape index (κ3) is 6.03. The van der Waals surface area contributed by atoms with Gasteiger partial charge in [0, 0.05) is 25.0 Å². The van der Waals surface area contributed by atoms with Gasteiger partial charge in [-0.15, -0.1) is 0 Å². The lowest BCUT2D eigenvalue weighted by Gasteiger charge is -2.32. The summed E-state index contributed by atoms with van der Waals surface area (Å²) < 4.78 is 0. The van der Waals surface area contributed by atoms with Gasteiger partial charge >= 0.3 is 0 Å². The zero-order chi connectivity index (χ0) is 18.6. The highest BCUT2D eigenvalue weighted by Crippen LogP contribution is 2.32. The van der Waals surface area contributed by atoms with Crippen molar-refractivity contribution < 1.29 is 9.59 Å². The van der Waals surface area contributed by atoms with E-state index in [9.17, 15) is 9.59 Å². The van der Waals surface area contributed by atoms with Crippen molar-refractivity contribution in [1.29, 1.82) is 0 Å². The Kier molecular flexibility index (Phi) is 7.37. The molecule has 0 saturated carbocycles. The normalized spacial score (nSPS) is 16.1. The van der Waals surface area contributed by atoms with Crippen LogP contribution in [0.15, 0.2) is 12.1 Å². The van der Waals surface area contributed by atoms with Crippen LogP contribution in [0.1, 0.15) is 26.7 Å². The summed E-state index contributed by atoms with van der Waals surface area (Å²) in [6.45, 7) is 5.53. The third-order valence-electron chi connectivity index (χ3n) is 4.11. The van der Waals surface area contributed by atoms with E-state index in [-0.39, 0.29) is 30.3 Å². The number of amides is 2. The van der Waals surface area contributed by atoms with E-state index < -0.39 is 0 Å². The van der Waals surface area contributed by atoms with Crippen LogP contribution in [-0.4, -0.2) is 42.4 Å². The fourth-order valence-corrected chi connectivity index (χ4v) is 3.21. The lowest BCUT2D eigenvalue weighted by Crippen LogP contribution is -2.47. The molecule has 1 aliphatic heterocycles. The van der Waals surface area contributed by atoms with Crippen molar-refractivity contribution in [2.45, 2.75) is 32.7 Å². The molecule has 138 valence electrons. The van der Waals surface area contributed by atoms with Gasteiger partial charge in [0.15, 0.2) is 0 Å². The number of rotatable bonds is 5. The summed E-state index contributed by atoms with van der Waals surface area (Å²) in [5.74, 6) is -0.102. The molecule has 0 spiro atoms. The number of likely N-dealkylation sites (tertiary alicyclic amines) is 1. The predicted molar refractivity (Wildman–Crippen MR) is 103 cm³/mol. The number of nitrogens with one attached hydrogen (secondary N) is 2. The van der Waals surface area contributed by atoms with Gasteiger partial charge in [-0.1, -0.05) is 48.7 Å². The zero-order valence-electron chi connectivity index (χ0n) is 14.2. The first-order chi connectivity index (χ1) is 11.8. The highest BCUT2D eigenvalue weighted by molar-refractivity contribution is 6.44. The van der Waals surface area contributed by atoms with E-state index in [0.717, 1.165) is 25.9 Å². The number of hydrogen-bond acceptors (Lipinski definition) is 3. The van der Waals surface area contributed by atoms with Gasteiger partial charge in [0.2, 0.25) is 11.8 Å². The second-order valence-electron chi connectivity index (χ2n) is 6.51. The van der Waals surface area contributed by atoms with Gasteiger partial charge in [-0.3, -0.25) is 14.5 Å². The molecule has 2 amide bonds. The standard InChI is InChI=1S/C17H22Cl3N3O2/c1-10(2)17(25)21-11-3-5-23(6-4-11)9-16(24)22-15-8-13(19)12(18)7-14(15)20/h7-8,10-11H,3-6,9H2,1-2H3,(H,21,25)(H,22,24). The van der Waals surface area contributed by atoms with Crippen molar-refractivity contribution in [3.63, 3.8) is 0 Å². The first-order valence-corrected chi connectivity index (χ1v) is 9.36. The van der Waals surface area contributed by atoms with Crippen LogP contribution in [0.25, 0.3) is 0 Å². The minimum Gasteiger partial charge on any atom is -0.353 e. The van der Waals surface area contributed by atoms with E-state index in [1.807, 2.05) is 13.8 Å². The minimum atomic E-state index is -0.162. The van der Waals surface area contributed by atoms with E-state index in [1.165, 1.54) is 12.1 Å². The molecule has 0 unspecified atom stereocenters. The Morgan fingerprint density at radius 3 is 2.32 bits per heavy atom. The fraction of sp³-hybridized carbons (Fsp3) is 0.529. The van der Waals surface area contributed by atoms with Crippen molar-refractivity contribution in [2.24, 2.45) is 5.92 Å². The Bertz CT molecular complexity index is 644. The molecule has 2 rings (SSSR count). The number of hydrogen-bond donors (Lipinski definition) is 2. The number of nitrogens with zero attached hydrogens (tertiary/aromatic N) is 1. The number of piperidine rings is 1. The summed E-state index contributed by atoms with van der Waals surface area (Å²) in [7, 11) is 0. The quantitative estimate of drug-likeness (QED) is 0.731. The second-order valence-corrected chi connectivity index (χ2v) is 7.73. The molecule has 0 aromatic heterocycles. The van der Waals surface area contributed by atoms with Gasteiger partial charge in [0.25, 0.3) is 0 Å². The highest BCUT2D eigenvalue weighted by Gasteiger charge is 2.23. The van der Waals surface area contributed by atoms with Gasteiger partial charge in [-0.05, 0) is 25.0 Å². The van der Waals surface area contributed by atoms with Gasteiger partial charge in [-0.25, -0.2) is 0 Å². The predicted octanol–water partition coefficient (Wildman–Crippen LogP) is 3.82. The van der Waals surface area contributed by atoms with E-state index in [2.05, 4.69) is 15.5 Å². The maximum Gasteiger partial charge on any atom is 0.238 e. The molecule has 1 heterocycles. The molecule has 0 atom stereocenters. The lowest BCUT2D eigenvalue weighted by atomic mass is 10.0. The summed E-state index contributed by atoms with van der Waals surface area (Å²) in [6.07, 6.45) is 1.67. The Morgan fingerprint density at radius 2 is 1.72 bits per heavy atom. The molecule has 8 heteroatoms. The molecule has 1 aromatic carbocycles. The Labute approximate surface area is 163 Å². The summed E-state index contributed by atoms with van der Waals surface area (Å²) in [5, 5.41) is 6.82. The Hall–Kier alpha value is -1.01. The summed E-state index contributed by atoms with van der Waals surface area (Å²) in [5.41, 5.74) is 0.445. The minimum absolute atomic E-state index is 0.0141. The maximum absolute atomic E-state index is 12.2. The molecule has 1 fully saturated rings. The van der Waals surface area contributed by atoms with Crippen molar-refractivity contribution in [3.8, 4) is 0 Å². The van der Waals surface area contributed by atoms with Crippen molar-refractivity contribution in [1.82, 2.24) is 10.2 Å². The largest absolute Gasteiger partial charge is 0.353 e. The topological polar surface area (TPSA) is 61.4 Å². The molecule has 0 bridgehead atoms. The van der Waals surface area contributed by atoms with Gasteiger partial charge < -0.3 is 10.6 Å². The van der Waals surface area contributed by atoms with Crippen LogP contribution in [0, 0.1) is 5.92 Å². The Balaban J connectivity index is 1.81. The van der Waals surface area contributed by atoms with Crippen LogP contribution < -0.4 is 10.6 Å². The summed E-state index contributed by atoms with van der Waals surface area (Å²) in [4.78, 5) is 26.0. The monoisotopic (exact) mass is 405 g/mol. The molecule has 0 aliphatic carbocycles. The van der Waals surface area contributed by atoms with Gasteiger partial charge in [0.1, 0.15) is 0 Å². The molecular weight excluding hydrogens is 385 g/mol. The van der Waals surface area contributed by atoms with Crippen LogP contribution in [-0.2, 0) is 9.59 Å². The van der Waals surface area contributed by atoms with Crippen LogP contribution >= 0.6 is 34.8 Å². The molecule has 1 saturated heterocycles. The second kappa shape index (κ2) is 9.08. The molecule has 5 nitrogen and oxygen atoms in total. The lowest BCUT2D eigenvalue weighted by molar-refractivity contribution is -0.125. The first-order valence-electron chi connectivity index (χ1n) is 8.23. The third-order valence-corrected chi connectivity index (χ3v) is 5.14. The fourth-order valence-electron chi connectivity index (χ4n) is 2.61. The van der Waals surface area contributed by atoms with Crippen molar-refractivity contribution >= 4 is 52.3 Å². The first kappa shape index (κ1) is 20.3. The molecule has 2 N–H and O–H groups in total. The number of benzene rings is 1. The van der Waals surface area contributed by atoms with Crippen molar-refractivity contribution in [2.75, 3.05) is 25.0 Å². The van der Waals surface area contributed by atoms with Gasteiger partial charge in [-0.2, -0.15) is 0 Å².